The summed E-state index contributed by atoms with van der Waals surface area (Å²) in [5.41, 5.74) is 1.33. The van der Waals surface area contributed by atoms with Crippen LogP contribution in [-0.4, -0.2) is 22.5 Å². The summed E-state index contributed by atoms with van der Waals surface area (Å²) in [4.78, 5) is 4.03. The lowest BCUT2D eigenvalue weighted by Gasteiger charge is -2.18. The van der Waals surface area contributed by atoms with E-state index in [0.29, 0.717) is 12.1 Å². The maximum Gasteiger partial charge on any atom is 0.0295 e. The number of aromatic nitrogens is 1. The van der Waals surface area contributed by atoms with E-state index >= 15 is 0 Å². The number of thioether (sulfide) groups is 1. The summed E-state index contributed by atoms with van der Waals surface area (Å²) in [6.07, 6.45) is 5.02. The number of pyridine rings is 1. The lowest BCUT2D eigenvalue weighted by atomic mass is 10.1. The Labute approximate surface area is 89.5 Å². The van der Waals surface area contributed by atoms with Crippen molar-refractivity contribution in [3.63, 3.8) is 0 Å². The summed E-state index contributed by atoms with van der Waals surface area (Å²) in [5.74, 6) is 2.57. The molecule has 0 radical (unpaired) electrons. The Morgan fingerprint density at radius 2 is 2.29 bits per heavy atom. The highest BCUT2D eigenvalue weighted by Gasteiger charge is 2.17. The van der Waals surface area contributed by atoms with Gasteiger partial charge in [0.25, 0.3) is 0 Å². The summed E-state index contributed by atoms with van der Waals surface area (Å²) in [5, 5.41) is 3.65. The van der Waals surface area contributed by atoms with Gasteiger partial charge in [-0.15, -0.1) is 0 Å². The highest BCUT2D eigenvalue weighted by atomic mass is 32.2. The maximum atomic E-state index is 4.03. The zero-order chi connectivity index (χ0) is 9.80. The minimum atomic E-state index is 0.446. The highest BCUT2D eigenvalue weighted by molar-refractivity contribution is 7.99. The van der Waals surface area contributed by atoms with Gasteiger partial charge in [0.15, 0.2) is 0 Å². The van der Waals surface area contributed by atoms with Crippen molar-refractivity contribution in [1.29, 1.82) is 0 Å². The van der Waals surface area contributed by atoms with Crippen molar-refractivity contribution in [2.75, 3.05) is 11.5 Å². The molecular weight excluding hydrogens is 192 g/mol. The van der Waals surface area contributed by atoms with Crippen LogP contribution >= 0.6 is 11.8 Å². The average molecular weight is 208 g/mol. The topological polar surface area (TPSA) is 24.9 Å². The molecule has 3 heteroatoms. The monoisotopic (exact) mass is 208 g/mol. The predicted molar refractivity (Wildman–Crippen MR) is 61.5 cm³/mol. The molecule has 76 valence electrons. The van der Waals surface area contributed by atoms with Gasteiger partial charge in [0.2, 0.25) is 0 Å². The van der Waals surface area contributed by atoms with Crippen LogP contribution in [-0.2, 0) is 0 Å². The highest BCUT2D eigenvalue weighted by Crippen LogP contribution is 2.20. The molecule has 1 N–H and O–H groups in total. The van der Waals surface area contributed by atoms with Crippen molar-refractivity contribution in [2.45, 2.75) is 25.4 Å². The van der Waals surface area contributed by atoms with Crippen molar-refractivity contribution < 1.29 is 0 Å². The molecule has 1 unspecified atom stereocenters. The van der Waals surface area contributed by atoms with E-state index in [9.17, 15) is 0 Å². The van der Waals surface area contributed by atoms with Crippen LogP contribution in [0.1, 0.15) is 24.9 Å². The quantitative estimate of drug-likeness (QED) is 0.824. The molecule has 1 aliphatic heterocycles. The van der Waals surface area contributed by atoms with E-state index < -0.39 is 0 Å². The van der Waals surface area contributed by atoms with Crippen LogP contribution in [0.5, 0.6) is 0 Å². The smallest absolute Gasteiger partial charge is 0.0295 e. The number of nitrogens with zero attached hydrogens (tertiary/aromatic N) is 1. The molecule has 1 fully saturated rings. The van der Waals surface area contributed by atoms with Crippen molar-refractivity contribution in [3.05, 3.63) is 30.1 Å². The van der Waals surface area contributed by atoms with E-state index in [1.807, 2.05) is 24.2 Å². The first-order chi connectivity index (χ1) is 6.86. The Morgan fingerprint density at radius 1 is 1.50 bits per heavy atom. The van der Waals surface area contributed by atoms with Gasteiger partial charge in [-0.05, 0) is 36.8 Å². The third-order valence-corrected chi connectivity index (χ3v) is 3.78. The molecule has 2 rings (SSSR count). The maximum absolute atomic E-state index is 4.03. The fourth-order valence-corrected chi connectivity index (χ4v) is 2.93. The van der Waals surface area contributed by atoms with Crippen LogP contribution in [0.2, 0.25) is 0 Å². The van der Waals surface area contributed by atoms with E-state index in [0.717, 1.165) is 0 Å². The molecule has 2 heterocycles. The van der Waals surface area contributed by atoms with Gasteiger partial charge in [-0.2, -0.15) is 11.8 Å². The minimum Gasteiger partial charge on any atom is -0.307 e. The zero-order valence-electron chi connectivity index (χ0n) is 8.44. The fraction of sp³-hybridized carbons (Fsp3) is 0.545. The Bertz CT molecular complexity index is 270. The standard InChI is InChI=1S/C11H16N2S/c1-9(10-2-5-12-6-3-10)13-11-4-7-14-8-11/h2-3,5-6,9,11,13H,4,7-8H2,1H3/t9-,11?/m1/s1. The molecule has 2 nitrogen and oxygen atoms in total. The van der Waals surface area contributed by atoms with Crippen molar-refractivity contribution in [3.8, 4) is 0 Å². The first kappa shape index (κ1) is 9.99. The Hall–Kier alpha value is -0.540. The lowest BCUT2D eigenvalue weighted by Crippen LogP contribution is -2.31. The van der Waals surface area contributed by atoms with E-state index in [2.05, 4.69) is 29.4 Å². The molecule has 0 amide bonds. The second-order valence-electron chi connectivity index (χ2n) is 3.73. The zero-order valence-corrected chi connectivity index (χ0v) is 9.26. The Morgan fingerprint density at radius 3 is 2.93 bits per heavy atom. The van der Waals surface area contributed by atoms with Gasteiger partial charge in [-0.25, -0.2) is 0 Å². The molecule has 0 bridgehead atoms. The summed E-state index contributed by atoms with van der Waals surface area (Å²) in [7, 11) is 0. The van der Waals surface area contributed by atoms with Gasteiger partial charge in [-0.3, -0.25) is 4.98 Å². The number of hydrogen-bond donors (Lipinski definition) is 1. The van der Waals surface area contributed by atoms with Crippen LogP contribution in [0.15, 0.2) is 24.5 Å². The first-order valence-electron chi connectivity index (χ1n) is 5.10. The predicted octanol–water partition coefficient (Wildman–Crippen LogP) is 2.24. The molecule has 1 aromatic rings. The molecule has 1 aliphatic rings. The number of nitrogens with one attached hydrogen (secondary N) is 1. The molecule has 0 spiro atoms. The van der Waals surface area contributed by atoms with Gasteiger partial charge in [0.05, 0.1) is 0 Å². The summed E-state index contributed by atoms with van der Waals surface area (Å²) in [6, 6.07) is 5.31. The van der Waals surface area contributed by atoms with Crippen LogP contribution in [0.3, 0.4) is 0 Å². The molecule has 14 heavy (non-hydrogen) atoms. The molecule has 0 saturated carbocycles. The van der Waals surface area contributed by atoms with Crippen molar-refractivity contribution in [2.24, 2.45) is 0 Å². The van der Waals surface area contributed by atoms with E-state index in [1.165, 1.54) is 23.5 Å². The normalized spacial score (nSPS) is 23.6. The Balaban J connectivity index is 1.92. The van der Waals surface area contributed by atoms with Crippen LogP contribution in [0, 0.1) is 0 Å². The van der Waals surface area contributed by atoms with Crippen LogP contribution in [0.4, 0.5) is 0 Å². The summed E-state index contributed by atoms with van der Waals surface area (Å²) >= 11 is 2.04. The largest absolute Gasteiger partial charge is 0.307 e. The van der Waals surface area contributed by atoms with Gasteiger partial charge < -0.3 is 5.32 Å². The van der Waals surface area contributed by atoms with E-state index in [1.54, 1.807) is 0 Å². The van der Waals surface area contributed by atoms with Crippen LogP contribution in [0.25, 0.3) is 0 Å². The van der Waals surface area contributed by atoms with Gasteiger partial charge in [0.1, 0.15) is 0 Å². The number of rotatable bonds is 3. The third-order valence-electron chi connectivity index (χ3n) is 2.62. The Kier molecular flexibility index (Phi) is 3.43. The molecule has 1 saturated heterocycles. The minimum absolute atomic E-state index is 0.446. The fourth-order valence-electron chi connectivity index (χ4n) is 1.77. The van der Waals surface area contributed by atoms with Crippen molar-refractivity contribution in [1.82, 2.24) is 10.3 Å². The van der Waals surface area contributed by atoms with Crippen LogP contribution < -0.4 is 5.32 Å². The molecular formula is C11H16N2S. The van der Waals surface area contributed by atoms with E-state index in [4.69, 9.17) is 0 Å². The third kappa shape index (κ3) is 2.49. The SMILES string of the molecule is C[C@@H](NC1CCSC1)c1ccncc1. The van der Waals surface area contributed by atoms with Gasteiger partial charge >= 0.3 is 0 Å². The second kappa shape index (κ2) is 4.80. The first-order valence-corrected chi connectivity index (χ1v) is 6.25. The van der Waals surface area contributed by atoms with E-state index in [-0.39, 0.29) is 0 Å². The lowest BCUT2D eigenvalue weighted by molar-refractivity contribution is 0.486. The van der Waals surface area contributed by atoms with Crippen molar-refractivity contribution >= 4 is 11.8 Å². The molecule has 0 aromatic carbocycles. The molecule has 0 aliphatic carbocycles. The molecule has 1 aromatic heterocycles. The molecule has 2 atom stereocenters. The second-order valence-corrected chi connectivity index (χ2v) is 4.88. The summed E-state index contributed by atoms with van der Waals surface area (Å²) in [6.45, 7) is 2.22. The van der Waals surface area contributed by atoms with Gasteiger partial charge in [-0.1, -0.05) is 0 Å². The summed E-state index contributed by atoms with van der Waals surface area (Å²) < 4.78 is 0. The van der Waals surface area contributed by atoms with Gasteiger partial charge in [0, 0.05) is 30.2 Å². The number of hydrogen-bond acceptors (Lipinski definition) is 3. The average Bonchev–Trinajstić information content (AvgIpc) is 2.72.